The van der Waals surface area contributed by atoms with E-state index in [1.807, 2.05) is 12.3 Å². The molecule has 0 amide bonds. The summed E-state index contributed by atoms with van der Waals surface area (Å²) >= 11 is 0. The molecule has 1 saturated carbocycles. The number of nitrogens with one attached hydrogen (secondary N) is 2. The molecule has 0 aliphatic heterocycles. The largest absolute Gasteiger partial charge is 0.367 e. The molecule has 1 fully saturated rings. The highest BCUT2D eigenvalue weighted by Gasteiger charge is 2.13. The van der Waals surface area contributed by atoms with Crippen LogP contribution >= 0.6 is 0 Å². The van der Waals surface area contributed by atoms with E-state index in [4.69, 9.17) is 0 Å². The lowest BCUT2D eigenvalue weighted by molar-refractivity contribution is 0.462. The molecule has 4 nitrogen and oxygen atoms in total. The number of rotatable bonds is 6. The van der Waals surface area contributed by atoms with Gasteiger partial charge in [0.15, 0.2) is 0 Å². The van der Waals surface area contributed by atoms with Crippen LogP contribution in [0.4, 0.5) is 11.8 Å². The molecular weight excluding hydrogens is 224 g/mol. The number of unbranched alkanes of at least 4 members (excludes halogenated alkanes) is 1. The molecule has 0 radical (unpaired) electrons. The van der Waals surface area contributed by atoms with E-state index in [2.05, 4.69) is 27.5 Å². The number of nitrogens with zero attached hydrogens (tertiary/aromatic N) is 2. The second-order valence-electron chi connectivity index (χ2n) is 5.03. The topological polar surface area (TPSA) is 49.8 Å². The van der Waals surface area contributed by atoms with E-state index in [9.17, 15) is 0 Å². The average molecular weight is 248 g/mol. The lowest BCUT2D eigenvalue weighted by Crippen LogP contribution is -2.23. The lowest BCUT2D eigenvalue weighted by Gasteiger charge is -2.23. The van der Waals surface area contributed by atoms with Crippen LogP contribution < -0.4 is 10.6 Å². The maximum atomic E-state index is 4.51. The van der Waals surface area contributed by atoms with Gasteiger partial charge in [0, 0.05) is 18.8 Å². The fourth-order valence-electron chi connectivity index (χ4n) is 2.36. The zero-order chi connectivity index (χ0) is 12.6. The third-order valence-electron chi connectivity index (χ3n) is 3.43. The predicted octanol–water partition coefficient (Wildman–Crippen LogP) is 3.43. The zero-order valence-corrected chi connectivity index (χ0v) is 11.3. The monoisotopic (exact) mass is 248 g/mol. The van der Waals surface area contributed by atoms with Gasteiger partial charge in [-0.1, -0.05) is 32.6 Å². The second kappa shape index (κ2) is 7.19. The maximum absolute atomic E-state index is 4.51. The van der Waals surface area contributed by atoms with Crippen molar-refractivity contribution in [2.75, 3.05) is 17.2 Å². The second-order valence-corrected chi connectivity index (χ2v) is 5.03. The van der Waals surface area contributed by atoms with Gasteiger partial charge in [0.25, 0.3) is 0 Å². The lowest BCUT2D eigenvalue weighted by atomic mass is 9.95. The van der Waals surface area contributed by atoms with Gasteiger partial charge in [0.2, 0.25) is 5.95 Å². The fourth-order valence-corrected chi connectivity index (χ4v) is 2.36. The number of hydrogen-bond donors (Lipinski definition) is 2. The summed E-state index contributed by atoms with van der Waals surface area (Å²) < 4.78 is 0. The molecule has 1 aliphatic carbocycles. The van der Waals surface area contributed by atoms with Crippen molar-refractivity contribution in [2.45, 2.75) is 57.9 Å². The van der Waals surface area contributed by atoms with E-state index < -0.39 is 0 Å². The van der Waals surface area contributed by atoms with E-state index in [-0.39, 0.29) is 0 Å². The van der Waals surface area contributed by atoms with E-state index >= 15 is 0 Å². The van der Waals surface area contributed by atoms with Crippen LogP contribution in [0, 0.1) is 0 Å². The molecule has 2 rings (SSSR count). The third-order valence-corrected chi connectivity index (χ3v) is 3.43. The van der Waals surface area contributed by atoms with Crippen molar-refractivity contribution >= 4 is 11.8 Å². The Hall–Kier alpha value is -1.32. The van der Waals surface area contributed by atoms with Gasteiger partial charge in [-0.2, -0.15) is 4.98 Å². The highest BCUT2D eigenvalue weighted by Crippen LogP contribution is 2.20. The first-order valence-corrected chi connectivity index (χ1v) is 7.22. The Labute approximate surface area is 110 Å². The molecule has 1 aromatic rings. The molecule has 4 heteroatoms. The van der Waals surface area contributed by atoms with Gasteiger partial charge in [0.05, 0.1) is 0 Å². The van der Waals surface area contributed by atoms with E-state index in [1.165, 1.54) is 38.5 Å². The van der Waals surface area contributed by atoms with Crippen LogP contribution in [0.2, 0.25) is 0 Å². The number of anilines is 2. The summed E-state index contributed by atoms with van der Waals surface area (Å²) in [5.41, 5.74) is 0. The molecule has 0 bridgehead atoms. The standard InChI is InChI=1S/C14H24N4/c1-2-3-10-15-14-16-11-9-13(18-14)17-12-7-5-4-6-8-12/h9,11-12H,2-8,10H2,1H3,(H2,15,16,17,18). The minimum absolute atomic E-state index is 0.595. The van der Waals surface area contributed by atoms with Crippen LogP contribution in [0.15, 0.2) is 12.3 Å². The van der Waals surface area contributed by atoms with Crippen molar-refractivity contribution in [1.29, 1.82) is 0 Å². The summed E-state index contributed by atoms with van der Waals surface area (Å²) in [5, 5.41) is 6.78. The van der Waals surface area contributed by atoms with E-state index in [1.54, 1.807) is 0 Å². The first kappa shape index (κ1) is 13.1. The molecule has 0 saturated heterocycles. The van der Waals surface area contributed by atoms with Crippen molar-refractivity contribution in [1.82, 2.24) is 9.97 Å². The van der Waals surface area contributed by atoms with Crippen molar-refractivity contribution in [2.24, 2.45) is 0 Å². The van der Waals surface area contributed by atoms with Gasteiger partial charge in [-0.3, -0.25) is 0 Å². The quantitative estimate of drug-likeness (QED) is 0.757. The Kier molecular flexibility index (Phi) is 5.24. The Balaban J connectivity index is 1.85. The summed E-state index contributed by atoms with van der Waals surface area (Å²) in [7, 11) is 0. The van der Waals surface area contributed by atoms with Crippen LogP contribution in [-0.4, -0.2) is 22.6 Å². The molecule has 0 aromatic carbocycles. The average Bonchev–Trinajstić information content (AvgIpc) is 2.41. The predicted molar refractivity (Wildman–Crippen MR) is 75.9 cm³/mol. The van der Waals surface area contributed by atoms with Crippen LogP contribution in [0.3, 0.4) is 0 Å². The minimum atomic E-state index is 0.595. The first-order valence-electron chi connectivity index (χ1n) is 7.22. The molecule has 2 N–H and O–H groups in total. The van der Waals surface area contributed by atoms with E-state index in [0.717, 1.165) is 24.7 Å². The smallest absolute Gasteiger partial charge is 0.224 e. The highest BCUT2D eigenvalue weighted by molar-refractivity contribution is 5.40. The van der Waals surface area contributed by atoms with Gasteiger partial charge in [-0.15, -0.1) is 0 Å². The van der Waals surface area contributed by atoms with Gasteiger partial charge in [0.1, 0.15) is 5.82 Å². The molecule has 100 valence electrons. The van der Waals surface area contributed by atoms with Gasteiger partial charge >= 0.3 is 0 Å². The summed E-state index contributed by atoms with van der Waals surface area (Å²) in [4.78, 5) is 8.75. The number of aromatic nitrogens is 2. The molecule has 0 atom stereocenters. The maximum Gasteiger partial charge on any atom is 0.224 e. The minimum Gasteiger partial charge on any atom is -0.367 e. The SMILES string of the molecule is CCCCNc1nccc(NC2CCCCC2)n1. The summed E-state index contributed by atoms with van der Waals surface area (Å²) in [6.07, 6.45) is 10.8. The van der Waals surface area contributed by atoms with Crippen LogP contribution in [0.25, 0.3) is 0 Å². The molecule has 18 heavy (non-hydrogen) atoms. The van der Waals surface area contributed by atoms with Gasteiger partial charge < -0.3 is 10.6 Å². The Bertz CT molecular complexity index is 347. The van der Waals surface area contributed by atoms with Crippen molar-refractivity contribution in [3.05, 3.63) is 12.3 Å². The Morgan fingerprint density at radius 1 is 1.28 bits per heavy atom. The molecule has 1 aromatic heterocycles. The Morgan fingerprint density at radius 2 is 2.11 bits per heavy atom. The molecular formula is C14H24N4. The Morgan fingerprint density at radius 3 is 2.89 bits per heavy atom. The van der Waals surface area contributed by atoms with Crippen LogP contribution in [-0.2, 0) is 0 Å². The van der Waals surface area contributed by atoms with Gasteiger partial charge in [-0.25, -0.2) is 4.98 Å². The summed E-state index contributed by atoms with van der Waals surface area (Å²) in [6.45, 7) is 3.13. The van der Waals surface area contributed by atoms with E-state index in [0.29, 0.717) is 6.04 Å². The molecule has 0 spiro atoms. The first-order chi connectivity index (χ1) is 8.88. The third kappa shape index (κ3) is 4.17. The van der Waals surface area contributed by atoms with Crippen molar-refractivity contribution < 1.29 is 0 Å². The molecule has 0 unspecified atom stereocenters. The zero-order valence-electron chi connectivity index (χ0n) is 11.3. The van der Waals surface area contributed by atoms with Crippen LogP contribution in [0.1, 0.15) is 51.9 Å². The van der Waals surface area contributed by atoms with Crippen molar-refractivity contribution in [3.8, 4) is 0 Å². The molecule has 1 aliphatic rings. The highest BCUT2D eigenvalue weighted by atomic mass is 15.1. The number of hydrogen-bond acceptors (Lipinski definition) is 4. The normalized spacial score (nSPS) is 16.5. The summed E-state index contributed by atoms with van der Waals surface area (Å²) in [6, 6.07) is 2.55. The summed E-state index contributed by atoms with van der Waals surface area (Å²) in [5.74, 6) is 1.69. The molecule has 1 heterocycles. The fraction of sp³-hybridized carbons (Fsp3) is 0.714. The van der Waals surface area contributed by atoms with Crippen LogP contribution in [0.5, 0.6) is 0 Å². The van der Waals surface area contributed by atoms with Crippen molar-refractivity contribution in [3.63, 3.8) is 0 Å². The van der Waals surface area contributed by atoms with Gasteiger partial charge in [-0.05, 0) is 25.3 Å².